The number of nitrogens with zero attached hydrogens (tertiary/aromatic N) is 4. The van der Waals surface area contributed by atoms with Gasteiger partial charge in [-0.3, -0.25) is 15.3 Å². The summed E-state index contributed by atoms with van der Waals surface area (Å²) in [6.07, 6.45) is 5.72. The minimum atomic E-state index is -0.604. The minimum Gasteiger partial charge on any atom is -0.410 e. The van der Waals surface area contributed by atoms with Crippen molar-refractivity contribution in [2.75, 3.05) is 11.1 Å². The summed E-state index contributed by atoms with van der Waals surface area (Å²) in [5.41, 5.74) is 9.03. The van der Waals surface area contributed by atoms with Gasteiger partial charge in [-0.2, -0.15) is 0 Å². The van der Waals surface area contributed by atoms with Crippen molar-refractivity contribution in [3.63, 3.8) is 0 Å². The number of hydrogen-bond donors (Lipinski definition) is 2. The molecule has 0 radical (unpaired) electrons. The zero-order chi connectivity index (χ0) is 24.3. The van der Waals surface area contributed by atoms with E-state index in [1.54, 1.807) is 42.9 Å². The number of aromatic nitrogens is 4. The van der Waals surface area contributed by atoms with E-state index in [0.29, 0.717) is 17.4 Å². The second kappa shape index (κ2) is 13.0. The molecule has 0 aliphatic carbocycles. The molecule has 2 aromatic heterocycles. The quantitative estimate of drug-likeness (QED) is 0.320. The van der Waals surface area contributed by atoms with Crippen LogP contribution < -0.4 is 15.8 Å². The predicted octanol–water partition coefficient (Wildman–Crippen LogP) is 6.12. The summed E-state index contributed by atoms with van der Waals surface area (Å²) in [6.45, 7) is 0. The molecule has 0 unspecified atom stereocenters. The monoisotopic (exact) mass is 478 g/mol. The van der Waals surface area contributed by atoms with Gasteiger partial charge in [0, 0.05) is 11.1 Å². The number of nitrogens with two attached hydrogens (primary N) is 1. The summed E-state index contributed by atoms with van der Waals surface area (Å²) in [4.78, 5) is 28.3. The first-order valence-corrected chi connectivity index (χ1v) is 10.7. The third-order valence-electron chi connectivity index (χ3n) is 4.65. The van der Waals surface area contributed by atoms with Crippen molar-refractivity contribution in [3.8, 4) is 28.3 Å². The van der Waals surface area contributed by atoms with Crippen molar-refractivity contribution < 1.29 is 9.53 Å². The Labute approximate surface area is 209 Å². The van der Waals surface area contributed by atoms with Crippen LogP contribution in [0.25, 0.3) is 22.5 Å². The Morgan fingerprint density at radius 2 is 1.14 bits per heavy atom. The number of carbonyl (C=O) groups is 1. The molecule has 8 nitrogen and oxygen atoms in total. The lowest BCUT2D eigenvalue weighted by Gasteiger charge is -2.06. The molecule has 5 aromatic rings. The summed E-state index contributed by atoms with van der Waals surface area (Å²) < 4.78 is 5.12. The zero-order valence-electron chi connectivity index (χ0n) is 18.7. The molecule has 2 heterocycles. The van der Waals surface area contributed by atoms with Crippen molar-refractivity contribution in [2.45, 2.75) is 7.43 Å². The number of nitrogen functional groups attached to an aromatic ring is 1. The normalized spacial score (nSPS) is 9.67. The van der Waals surface area contributed by atoms with Gasteiger partial charge in [0.1, 0.15) is 11.6 Å². The van der Waals surface area contributed by atoms with E-state index in [9.17, 15) is 4.79 Å². The van der Waals surface area contributed by atoms with Gasteiger partial charge in [0.2, 0.25) is 0 Å². The van der Waals surface area contributed by atoms with Gasteiger partial charge in [-0.15, -0.1) is 0 Å². The third kappa shape index (κ3) is 7.46. The Morgan fingerprint density at radius 3 is 1.61 bits per heavy atom. The minimum absolute atomic E-state index is 0. The van der Waals surface area contributed by atoms with E-state index >= 15 is 0 Å². The molecule has 3 N–H and O–H groups in total. The fraction of sp³-hybridized carbons (Fsp3) is 0.0357. The van der Waals surface area contributed by atoms with Crippen molar-refractivity contribution in [1.29, 1.82) is 0 Å². The molecule has 0 saturated heterocycles. The molecule has 0 aliphatic heterocycles. The molecule has 0 atom stereocenters. The van der Waals surface area contributed by atoms with E-state index in [2.05, 4.69) is 25.3 Å². The maximum atomic E-state index is 11.7. The van der Waals surface area contributed by atoms with Crippen LogP contribution in [0.1, 0.15) is 7.43 Å². The second-order valence-corrected chi connectivity index (χ2v) is 7.17. The largest absolute Gasteiger partial charge is 0.418 e. The van der Waals surface area contributed by atoms with Gasteiger partial charge in [-0.25, -0.2) is 14.8 Å². The van der Waals surface area contributed by atoms with Crippen LogP contribution in [-0.2, 0) is 0 Å². The molecular weight excluding hydrogens is 452 g/mol. The average Bonchev–Trinajstić information content (AvgIpc) is 2.91. The van der Waals surface area contributed by atoms with Crippen molar-refractivity contribution in [2.24, 2.45) is 0 Å². The average molecular weight is 479 g/mol. The first kappa shape index (κ1) is 25.5. The summed E-state index contributed by atoms with van der Waals surface area (Å²) in [5.74, 6) is 1.24. The number of nitrogens with one attached hydrogen (secondary N) is 1. The van der Waals surface area contributed by atoms with Gasteiger partial charge in [-0.05, 0) is 12.1 Å². The fourth-order valence-corrected chi connectivity index (χ4v) is 2.97. The lowest BCUT2D eigenvalue weighted by molar-refractivity contribution is 0.215. The van der Waals surface area contributed by atoms with Gasteiger partial charge < -0.3 is 10.5 Å². The number of anilines is 2. The van der Waals surface area contributed by atoms with Crippen LogP contribution in [-0.4, -0.2) is 26.0 Å². The Kier molecular flexibility index (Phi) is 9.18. The summed E-state index contributed by atoms with van der Waals surface area (Å²) in [6, 6.07) is 28.4. The second-order valence-electron chi connectivity index (χ2n) is 7.17. The highest BCUT2D eigenvalue weighted by Crippen LogP contribution is 2.17. The highest BCUT2D eigenvalue weighted by atomic mass is 16.6. The number of rotatable bonds is 4. The highest BCUT2D eigenvalue weighted by molar-refractivity contribution is 5.85. The number of para-hydroxylation sites is 1. The number of ether oxygens (including phenoxy) is 1. The number of benzene rings is 3. The molecule has 0 saturated carbocycles. The fourth-order valence-electron chi connectivity index (χ4n) is 2.97. The maximum absolute atomic E-state index is 11.7. The van der Waals surface area contributed by atoms with E-state index in [1.165, 1.54) is 6.20 Å². The third-order valence-corrected chi connectivity index (χ3v) is 4.65. The number of hydrogen-bond acceptors (Lipinski definition) is 7. The Bertz CT molecular complexity index is 1330. The van der Waals surface area contributed by atoms with Crippen LogP contribution in [0.3, 0.4) is 0 Å². The lowest BCUT2D eigenvalue weighted by Crippen LogP contribution is -2.17. The van der Waals surface area contributed by atoms with E-state index < -0.39 is 6.09 Å². The molecule has 0 fully saturated rings. The molecule has 0 spiro atoms. The molecule has 8 heteroatoms. The van der Waals surface area contributed by atoms with E-state index in [4.69, 9.17) is 10.5 Å². The molecule has 1 amide bonds. The molecule has 180 valence electrons. The van der Waals surface area contributed by atoms with Crippen LogP contribution in [0.15, 0.2) is 116 Å². The molecular formula is C28H26N6O2. The van der Waals surface area contributed by atoms with Crippen LogP contribution in [0.2, 0.25) is 0 Å². The van der Waals surface area contributed by atoms with Crippen LogP contribution in [0.4, 0.5) is 16.4 Å². The topological polar surface area (TPSA) is 116 Å². The first-order valence-electron chi connectivity index (χ1n) is 10.7. The molecule has 0 aliphatic rings. The molecule has 5 rings (SSSR count). The Morgan fingerprint density at radius 1 is 0.639 bits per heavy atom. The standard InChI is InChI=1S/C17H13N3O2.C10H9N3.CH4/c21-17(22-14-9-5-2-6-10-14)20-16-12-18-15(11-19-16)13-7-3-1-4-8-13;11-10-7-12-9(6-13-10)8-4-2-1-3-5-8;/h1-12H,(H,19,20,21);1-7H,(H2,11,13);1H4. The maximum Gasteiger partial charge on any atom is 0.418 e. The van der Waals surface area contributed by atoms with Gasteiger partial charge in [0.05, 0.1) is 36.2 Å². The zero-order valence-corrected chi connectivity index (χ0v) is 18.7. The van der Waals surface area contributed by atoms with E-state index in [0.717, 1.165) is 22.5 Å². The summed E-state index contributed by atoms with van der Waals surface area (Å²) in [5, 5.41) is 2.53. The van der Waals surface area contributed by atoms with Crippen molar-refractivity contribution >= 4 is 17.7 Å². The molecule has 0 bridgehead atoms. The highest BCUT2D eigenvalue weighted by Gasteiger charge is 2.07. The number of carbonyl (C=O) groups excluding carboxylic acids is 1. The van der Waals surface area contributed by atoms with E-state index in [1.807, 2.05) is 66.7 Å². The number of amides is 1. The van der Waals surface area contributed by atoms with Crippen LogP contribution in [0, 0.1) is 0 Å². The van der Waals surface area contributed by atoms with Crippen molar-refractivity contribution in [1.82, 2.24) is 19.9 Å². The Hall–Kier alpha value is -5.11. The molecule has 3 aromatic carbocycles. The summed E-state index contributed by atoms with van der Waals surface area (Å²) in [7, 11) is 0. The first-order chi connectivity index (χ1) is 17.2. The SMILES string of the molecule is C.Nc1cnc(-c2ccccc2)cn1.O=C(Nc1cnc(-c2ccccc2)cn1)Oc1ccccc1. The van der Waals surface area contributed by atoms with Gasteiger partial charge in [0.15, 0.2) is 5.82 Å². The van der Waals surface area contributed by atoms with Gasteiger partial charge in [-0.1, -0.05) is 86.3 Å². The predicted molar refractivity (Wildman–Crippen MR) is 142 cm³/mol. The van der Waals surface area contributed by atoms with Gasteiger partial charge >= 0.3 is 6.09 Å². The smallest absolute Gasteiger partial charge is 0.410 e. The van der Waals surface area contributed by atoms with Gasteiger partial charge in [0.25, 0.3) is 0 Å². The van der Waals surface area contributed by atoms with E-state index in [-0.39, 0.29) is 7.43 Å². The molecule has 36 heavy (non-hydrogen) atoms. The van der Waals surface area contributed by atoms with Crippen LogP contribution >= 0.6 is 0 Å². The summed E-state index contributed by atoms with van der Waals surface area (Å²) >= 11 is 0. The lowest BCUT2D eigenvalue weighted by atomic mass is 10.2. The Balaban J connectivity index is 0.000000221. The van der Waals surface area contributed by atoms with Crippen molar-refractivity contribution in [3.05, 3.63) is 116 Å². The van der Waals surface area contributed by atoms with Crippen LogP contribution in [0.5, 0.6) is 5.75 Å².